The number of carbonyl (C=O) groups excluding carboxylic acids is 7. The summed E-state index contributed by atoms with van der Waals surface area (Å²) in [6.07, 6.45) is 4.71. The molecule has 7 amide bonds. The van der Waals surface area contributed by atoms with Crippen LogP contribution < -0.4 is 43.4 Å². The molecule has 0 aliphatic carbocycles. The van der Waals surface area contributed by atoms with Gasteiger partial charge in [-0.1, -0.05) is 109 Å². The van der Waals surface area contributed by atoms with Crippen LogP contribution in [0.25, 0.3) is 0 Å². The smallest absolute Gasteiger partial charge is 0.327 e. The molecule has 2 rings (SSSR count). The first-order valence-corrected chi connectivity index (χ1v) is 24.9. The first kappa shape index (κ1) is 63.0. The van der Waals surface area contributed by atoms with Gasteiger partial charge in [-0.05, 0) is 62.8 Å². The van der Waals surface area contributed by atoms with Crippen molar-refractivity contribution in [2.45, 2.75) is 143 Å². The highest BCUT2D eigenvalue weighted by Gasteiger charge is 2.38. The van der Waals surface area contributed by atoms with Crippen LogP contribution in [0.1, 0.15) is 99.5 Å². The number of carbonyl (C=O) groups is 9. The number of allylic oxidation sites excluding steroid dienone is 2. The van der Waals surface area contributed by atoms with Crippen LogP contribution >= 0.6 is 0 Å². The fourth-order valence-corrected chi connectivity index (χ4v) is 8.03. The fraction of sp³-hybridized carbons (Fsp3) is 0.577. The van der Waals surface area contributed by atoms with Gasteiger partial charge in [-0.3, -0.25) is 38.6 Å². The Hall–Kier alpha value is -7.10. The Kier molecular flexibility index (Phi) is 26.2. The topological polar surface area (TPSA) is 343 Å². The van der Waals surface area contributed by atoms with Crippen molar-refractivity contribution in [3.05, 3.63) is 72.0 Å². The Morgan fingerprint density at radius 1 is 0.797 bits per heavy atom. The van der Waals surface area contributed by atoms with Gasteiger partial charge in [0.1, 0.15) is 35.9 Å². The number of aliphatic imine (C=N–C) groups is 1. The number of nitrogens with two attached hydrogens (primary N) is 2. The summed E-state index contributed by atoms with van der Waals surface area (Å²) in [4.78, 5) is 128. The Labute approximate surface area is 434 Å². The van der Waals surface area contributed by atoms with E-state index in [0.717, 1.165) is 10.5 Å². The minimum absolute atomic E-state index is 0.00777. The van der Waals surface area contributed by atoms with Crippen LogP contribution in [-0.2, 0) is 54.3 Å². The Morgan fingerprint density at radius 2 is 1.35 bits per heavy atom. The van der Waals surface area contributed by atoms with Crippen molar-refractivity contribution in [3.8, 4) is 0 Å². The van der Waals surface area contributed by atoms with Crippen molar-refractivity contribution >= 4 is 59.2 Å². The van der Waals surface area contributed by atoms with E-state index < -0.39 is 120 Å². The van der Waals surface area contributed by atoms with Gasteiger partial charge in [0.05, 0.1) is 24.0 Å². The molecule has 1 aromatic carbocycles. The zero-order valence-corrected chi connectivity index (χ0v) is 44.4. The number of ether oxygens (including phenoxy) is 1. The monoisotopic (exact) mass is 1040 g/mol. The molecule has 0 spiro atoms. The number of hydrogen-bond donors (Lipinski definition) is 10. The van der Waals surface area contributed by atoms with E-state index in [1.54, 1.807) is 47.8 Å². The molecule has 22 nitrogen and oxygen atoms in total. The average molecular weight is 1040 g/mol. The summed E-state index contributed by atoms with van der Waals surface area (Å²) in [5.74, 6) is -12.7. The van der Waals surface area contributed by atoms with Gasteiger partial charge >= 0.3 is 11.9 Å². The molecule has 0 radical (unpaired) electrons. The SMILES string of the molecule is C=C1C(=O)NC(CC(C)C)C(=O)NC(CC(C)C)C(=O)NC(C(=O)O)C(C)C(=O)NC(CCCN=C(N)N)C(=O)NC(C=CC(C)=CC(C)C(Cc2ccccc2)OC)C(C)C(=O)NC(C(=O)O)CCC(=O)N1C. The second kappa shape index (κ2) is 30.8. The summed E-state index contributed by atoms with van der Waals surface area (Å²) in [6, 6.07) is 1.03. The second-order valence-corrected chi connectivity index (χ2v) is 19.7. The van der Waals surface area contributed by atoms with Gasteiger partial charge in [-0.2, -0.15) is 0 Å². The Balaban J connectivity index is 2.78. The standard InChI is InChI=1S/C52H80N10O12/c1-28(2)24-39-48(68)60-40(25-29(3)4)49(69)61-43(51(72)73)33(8)45(65)57-37(18-15-23-55-52(53)54)47(67)56-36(20-19-30(5)26-31(6)41(74-11)27-35-16-13-12-14-17-35)32(7)44(64)58-38(50(70)71)21-22-42(63)62(10)34(9)46(66)59-39/h12-14,16-17,19-20,26,28-29,31-33,36-41,43H,9,15,18,21-25,27H2,1-8,10-11H3,(H,56,67)(H,57,65)(H,58,64)(H,59,66)(H,60,68)(H,61,69)(H,70,71)(H,72,73)(H4,53,54,55). The maximum atomic E-state index is 14.4. The van der Waals surface area contributed by atoms with Crippen molar-refractivity contribution in [1.29, 1.82) is 0 Å². The highest BCUT2D eigenvalue weighted by molar-refractivity contribution is 6.00. The van der Waals surface area contributed by atoms with Crippen LogP contribution in [0.4, 0.5) is 0 Å². The zero-order valence-electron chi connectivity index (χ0n) is 44.4. The molecular formula is C52H80N10O12. The second-order valence-electron chi connectivity index (χ2n) is 19.7. The van der Waals surface area contributed by atoms with Gasteiger partial charge in [0.15, 0.2) is 5.96 Å². The van der Waals surface area contributed by atoms with Crippen LogP contribution in [0, 0.1) is 29.6 Å². The number of methoxy groups -OCH3 is 1. The average Bonchev–Trinajstić information content (AvgIpc) is 3.33. The number of nitrogens with one attached hydrogen (secondary N) is 6. The number of nitrogens with zero attached hydrogens (tertiary/aromatic N) is 2. The molecule has 1 saturated heterocycles. The van der Waals surface area contributed by atoms with Crippen LogP contribution in [0.2, 0.25) is 0 Å². The molecule has 1 aliphatic rings. The summed E-state index contributed by atoms with van der Waals surface area (Å²) in [5.41, 5.74) is 12.4. The van der Waals surface area contributed by atoms with Gasteiger partial charge in [-0.15, -0.1) is 0 Å². The summed E-state index contributed by atoms with van der Waals surface area (Å²) in [7, 11) is 2.85. The van der Waals surface area contributed by atoms with Crippen molar-refractivity contribution < 1.29 is 58.1 Å². The van der Waals surface area contributed by atoms with E-state index in [9.17, 15) is 53.4 Å². The van der Waals surface area contributed by atoms with Crippen molar-refractivity contribution in [2.24, 2.45) is 46.0 Å². The molecule has 10 unspecified atom stereocenters. The molecule has 22 heteroatoms. The summed E-state index contributed by atoms with van der Waals surface area (Å²) < 4.78 is 5.82. The lowest BCUT2D eigenvalue weighted by molar-refractivity contribution is -0.146. The van der Waals surface area contributed by atoms with Gasteiger partial charge in [0.25, 0.3) is 5.91 Å². The first-order chi connectivity index (χ1) is 34.7. The molecule has 74 heavy (non-hydrogen) atoms. The maximum Gasteiger partial charge on any atom is 0.327 e. The van der Waals surface area contributed by atoms with E-state index in [-0.39, 0.29) is 62.0 Å². The number of rotatable bonds is 17. The predicted molar refractivity (Wildman–Crippen MR) is 278 cm³/mol. The van der Waals surface area contributed by atoms with Crippen LogP contribution in [-0.4, -0.2) is 137 Å². The quantitative estimate of drug-likeness (QED) is 0.0349. The number of likely N-dealkylation sites (N-methyl/N-ethyl adjacent to an activating group) is 1. The van der Waals surface area contributed by atoms with E-state index in [4.69, 9.17) is 16.2 Å². The van der Waals surface area contributed by atoms with Crippen LogP contribution in [0.15, 0.2) is 71.4 Å². The molecule has 0 saturated carbocycles. The van der Waals surface area contributed by atoms with E-state index >= 15 is 0 Å². The van der Waals surface area contributed by atoms with E-state index in [0.29, 0.717) is 12.0 Å². The van der Waals surface area contributed by atoms with Crippen molar-refractivity contribution in [2.75, 3.05) is 20.7 Å². The molecule has 10 atom stereocenters. The molecule has 1 fully saturated rings. The summed E-state index contributed by atoms with van der Waals surface area (Å²) >= 11 is 0. The number of carboxylic acids is 2. The van der Waals surface area contributed by atoms with E-state index in [1.807, 2.05) is 43.3 Å². The van der Waals surface area contributed by atoms with Crippen molar-refractivity contribution in [1.82, 2.24) is 36.8 Å². The fourth-order valence-electron chi connectivity index (χ4n) is 8.03. The number of guanidine groups is 1. The number of hydrogen-bond acceptors (Lipinski definition) is 11. The van der Waals surface area contributed by atoms with Gasteiger partial charge in [0.2, 0.25) is 35.4 Å². The number of amides is 7. The van der Waals surface area contributed by atoms with E-state index in [1.165, 1.54) is 27.0 Å². The minimum atomic E-state index is -1.89. The molecule has 1 heterocycles. The number of aliphatic carboxylic acids is 2. The molecule has 0 bridgehead atoms. The predicted octanol–water partition coefficient (Wildman–Crippen LogP) is 1.64. The molecular weight excluding hydrogens is 957 g/mol. The van der Waals surface area contributed by atoms with Gasteiger partial charge in [-0.25, -0.2) is 9.59 Å². The molecule has 12 N–H and O–H groups in total. The Morgan fingerprint density at radius 3 is 1.91 bits per heavy atom. The molecule has 410 valence electrons. The van der Waals surface area contributed by atoms with Gasteiger partial charge < -0.3 is 63.2 Å². The zero-order chi connectivity index (χ0) is 56.0. The third kappa shape index (κ3) is 21.2. The lowest BCUT2D eigenvalue weighted by Crippen LogP contribution is -2.59. The van der Waals surface area contributed by atoms with Crippen LogP contribution in [0.3, 0.4) is 0 Å². The molecule has 1 aromatic rings. The molecule has 1 aliphatic heterocycles. The van der Waals surface area contributed by atoms with Crippen molar-refractivity contribution in [3.63, 3.8) is 0 Å². The largest absolute Gasteiger partial charge is 0.480 e. The lowest BCUT2D eigenvalue weighted by Gasteiger charge is -2.29. The third-order valence-electron chi connectivity index (χ3n) is 12.5. The van der Waals surface area contributed by atoms with Gasteiger partial charge in [0, 0.05) is 33.0 Å². The number of carboxylic acid groups (broad SMARTS) is 2. The Bertz CT molecular complexity index is 2230. The highest BCUT2D eigenvalue weighted by Crippen LogP contribution is 2.19. The minimum Gasteiger partial charge on any atom is -0.480 e. The normalized spacial score (nSPS) is 24.9. The highest BCUT2D eigenvalue weighted by atomic mass is 16.5. The van der Waals surface area contributed by atoms with Crippen LogP contribution in [0.5, 0.6) is 0 Å². The lowest BCUT2D eigenvalue weighted by atomic mass is 9.94. The molecule has 0 aromatic heterocycles. The maximum absolute atomic E-state index is 14.4. The summed E-state index contributed by atoms with van der Waals surface area (Å²) in [6.45, 7) is 17.3. The first-order valence-electron chi connectivity index (χ1n) is 24.9. The third-order valence-corrected chi connectivity index (χ3v) is 12.5. The van der Waals surface area contributed by atoms with E-state index in [2.05, 4.69) is 43.5 Å². The summed E-state index contributed by atoms with van der Waals surface area (Å²) in [5, 5.41) is 36.0. The number of benzene rings is 1.